The molecule has 4 amide bonds. The van der Waals surface area contributed by atoms with Crippen LogP contribution in [0.1, 0.15) is 20.3 Å². The summed E-state index contributed by atoms with van der Waals surface area (Å²) >= 11 is 0. The first-order valence-electron chi connectivity index (χ1n) is 6.52. The number of rotatable bonds is 4. The van der Waals surface area contributed by atoms with Gasteiger partial charge in [0.2, 0.25) is 5.91 Å². The summed E-state index contributed by atoms with van der Waals surface area (Å²) in [6.07, 6.45) is 0.743. The van der Waals surface area contributed by atoms with Crippen LogP contribution in [0.2, 0.25) is 0 Å². The quantitative estimate of drug-likeness (QED) is 0.852. The van der Waals surface area contributed by atoms with Gasteiger partial charge in [-0.15, -0.1) is 0 Å². The molecular formula is C14H17N3O3. The van der Waals surface area contributed by atoms with Gasteiger partial charge in [0.1, 0.15) is 6.54 Å². The molecule has 1 aromatic carbocycles. The Hall–Kier alpha value is -2.37. The Bertz CT molecular complexity index is 539. The molecule has 0 radical (unpaired) electrons. The number of hydrogen-bond acceptors (Lipinski definition) is 3. The lowest BCUT2D eigenvalue weighted by Crippen LogP contribution is -2.33. The predicted molar refractivity (Wildman–Crippen MR) is 75.5 cm³/mol. The normalized spacial score (nSPS) is 14.9. The first-order chi connectivity index (χ1) is 9.52. The minimum absolute atomic E-state index is 0.0678. The number of benzene rings is 1. The van der Waals surface area contributed by atoms with E-state index in [1.54, 1.807) is 24.3 Å². The van der Waals surface area contributed by atoms with E-state index in [4.69, 9.17) is 0 Å². The second kappa shape index (κ2) is 5.73. The van der Waals surface area contributed by atoms with Gasteiger partial charge in [-0.25, -0.2) is 4.79 Å². The van der Waals surface area contributed by atoms with Crippen LogP contribution in [0.25, 0.3) is 0 Å². The van der Waals surface area contributed by atoms with E-state index in [9.17, 15) is 14.4 Å². The third kappa shape index (κ3) is 2.79. The summed E-state index contributed by atoms with van der Waals surface area (Å²) in [6, 6.07) is 6.55. The Balaban J connectivity index is 2.14. The molecule has 1 heterocycles. The molecule has 1 saturated heterocycles. The molecular weight excluding hydrogens is 258 g/mol. The van der Waals surface area contributed by atoms with E-state index in [1.807, 2.05) is 6.92 Å². The molecule has 1 fully saturated rings. The van der Waals surface area contributed by atoms with E-state index in [0.717, 1.165) is 6.42 Å². The fourth-order valence-corrected chi connectivity index (χ4v) is 2.11. The lowest BCUT2D eigenvalue weighted by molar-refractivity contribution is -0.124. The maximum atomic E-state index is 12.1. The summed E-state index contributed by atoms with van der Waals surface area (Å²) in [5, 5.41) is 2.65. The Morgan fingerprint density at radius 1 is 1.25 bits per heavy atom. The SMILES string of the molecule is CCCN1C(=O)CN(c2ccc(NC(C)=O)cc2)C1=O. The highest BCUT2D eigenvalue weighted by Gasteiger charge is 2.35. The molecule has 106 valence electrons. The average Bonchev–Trinajstić information content (AvgIpc) is 2.67. The van der Waals surface area contributed by atoms with Gasteiger partial charge in [0.05, 0.1) is 0 Å². The molecule has 1 aromatic rings. The Morgan fingerprint density at radius 3 is 2.45 bits per heavy atom. The Morgan fingerprint density at radius 2 is 1.90 bits per heavy atom. The number of imide groups is 1. The van der Waals surface area contributed by atoms with Crippen molar-refractivity contribution < 1.29 is 14.4 Å². The van der Waals surface area contributed by atoms with E-state index in [2.05, 4.69) is 5.32 Å². The van der Waals surface area contributed by atoms with Crippen LogP contribution in [0.5, 0.6) is 0 Å². The monoisotopic (exact) mass is 275 g/mol. The van der Waals surface area contributed by atoms with Crippen LogP contribution in [0.4, 0.5) is 16.2 Å². The third-order valence-electron chi connectivity index (χ3n) is 3.00. The van der Waals surface area contributed by atoms with Gasteiger partial charge in [0.25, 0.3) is 5.91 Å². The fraction of sp³-hybridized carbons (Fsp3) is 0.357. The summed E-state index contributed by atoms with van der Waals surface area (Å²) in [5.41, 5.74) is 1.31. The number of nitrogens with one attached hydrogen (secondary N) is 1. The van der Waals surface area contributed by atoms with Crippen molar-refractivity contribution in [1.82, 2.24) is 4.90 Å². The number of urea groups is 1. The summed E-state index contributed by atoms with van der Waals surface area (Å²) in [5.74, 6) is -0.331. The molecule has 0 spiro atoms. The van der Waals surface area contributed by atoms with E-state index in [0.29, 0.717) is 17.9 Å². The minimum Gasteiger partial charge on any atom is -0.326 e. The molecule has 0 bridgehead atoms. The second-order valence-corrected chi connectivity index (χ2v) is 4.64. The second-order valence-electron chi connectivity index (χ2n) is 4.64. The van der Waals surface area contributed by atoms with E-state index in [-0.39, 0.29) is 24.4 Å². The topological polar surface area (TPSA) is 69.7 Å². The predicted octanol–water partition coefficient (Wildman–Crippen LogP) is 1.82. The molecule has 1 N–H and O–H groups in total. The first kappa shape index (κ1) is 14.0. The maximum Gasteiger partial charge on any atom is 0.331 e. The van der Waals surface area contributed by atoms with Gasteiger partial charge in [-0.2, -0.15) is 0 Å². The molecule has 0 saturated carbocycles. The van der Waals surface area contributed by atoms with Crippen molar-refractivity contribution in [2.24, 2.45) is 0 Å². The molecule has 0 atom stereocenters. The van der Waals surface area contributed by atoms with E-state index in [1.165, 1.54) is 16.7 Å². The fourth-order valence-electron chi connectivity index (χ4n) is 2.11. The molecule has 20 heavy (non-hydrogen) atoms. The standard InChI is InChI=1S/C14H17N3O3/c1-3-8-16-13(19)9-17(14(16)20)12-6-4-11(5-7-12)15-10(2)18/h4-7H,3,8-9H2,1-2H3,(H,15,18). The molecule has 1 aliphatic rings. The number of carbonyl (C=O) groups is 3. The van der Waals surface area contributed by atoms with Crippen molar-refractivity contribution in [1.29, 1.82) is 0 Å². The zero-order valence-electron chi connectivity index (χ0n) is 11.5. The number of hydrogen-bond donors (Lipinski definition) is 1. The molecule has 6 heteroatoms. The van der Waals surface area contributed by atoms with Crippen molar-refractivity contribution in [3.8, 4) is 0 Å². The Kier molecular flexibility index (Phi) is 4.02. The molecule has 1 aliphatic heterocycles. The zero-order chi connectivity index (χ0) is 14.7. The van der Waals surface area contributed by atoms with Crippen molar-refractivity contribution in [3.63, 3.8) is 0 Å². The van der Waals surface area contributed by atoms with Gasteiger partial charge >= 0.3 is 6.03 Å². The number of anilines is 2. The van der Waals surface area contributed by atoms with Gasteiger partial charge in [-0.3, -0.25) is 19.4 Å². The number of carbonyl (C=O) groups excluding carboxylic acids is 3. The van der Waals surface area contributed by atoms with Crippen molar-refractivity contribution >= 4 is 29.2 Å². The van der Waals surface area contributed by atoms with Gasteiger partial charge in [-0.05, 0) is 30.7 Å². The van der Waals surface area contributed by atoms with Crippen LogP contribution < -0.4 is 10.2 Å². The number of nitrogens with zero attached hydrogens (tertiary/aromatic N) is 2. The zero-order valence-corrected chi connectivity index (χ0v) is 11.5. The smallest absolute Gasteiger partial charge is 0.326 e. The van der Waals surface area contributed by atoms with Gasteiger partial charge in [0, 0.05) is 24.8 Å². The summed E-state index contributed by atoms with van der Waals surface area (Å²) in [7, 11) is 0. The highest BCUT2D eigenvalue weighted by molar-refractivity contribution is 6.12. The molecule has 0 aromatic heterocycles. The number of amides is 4. The Labute approximate surface area is 117 Å². The lowest BCUT2D eigenvalue weighted by Gasteiger charge is -2.17. The first-order valence-corrected chi connectivity index (χ1v) is 6.52. The van der Waals surface area contributed by atoms with E-state index < -0.39 is 0 Å². The third-order valence-corrected chi connectivity index (χ3v) is 3.00. The highest BCUT2D eigenvalue weighted by Crippen LogP contribution is 2.23. The molecule has 0 aliphatic carbocycles. The van der Waals surface area contributed by atoms with Crippen LogP contribution in [0.3, 0.4) is 0 Å². The average molecular weight is 275 g/mol. The van der Waals surface area contributed by atoms with Crippen LogP contribution in [0, 0.1) is 0 Å². The van der Waals surface area contributed by atoms with Gasteiger partial charge in [-0.1, -0.05) is 6.92 Å². The van der Waals surface area contributed by atoms with Gasteiger partial charge in [0.15, 0.2) is 0 Å². The van der Waals surface area contributed by atoms with Crippen LogP contribution >= 0.6 is 0 Å². The highest BCUT2D eigenvalue weighted by atomic mass is 16.2. The lowest BCUT2D eigenvalue weighted by atomic mass is 10.2. The molecule has 0 unspecified atom stereocenters. The van der Waals surface area contributed by atoms with E-state index >= 15 is 0 Å². The van der Waals surface area contributed by atoms with Crippen LogP contribution in [-0.2, 0) is 9.59 Å². The molecule has 6 nitrogen and oxygen atoms in total. The maximum absolute atomic E-state index is 12.1. The largest absolute Gasteiger partial charge is 0.331 e. The van der Waals surface area contributed by atoms with Crippen LogP contribution in [-0.4, -0.2) is 35.8 Å². The van der Waals surface area contributed by atoms with Crippen molar-refractivity contribution in [2.45, 2.75) is 20.3 Å². The van der Waals surface area contributed by atoms with Crippen molar-refractivity contribution in [2.75, 3.05) is 23.3 Å². The summed E-state index contributed by atoms with van der Waals surface area (Å²) < 4.78 is 0. The van der Waals surface area contributed by atoms with Crippen LogP contribution in [0.15, 0.2) is 24.3 Å². The summed E-state index contributed by atoms with van der Waals surface area (Å²) in [6.45, 7) is 3.86. The minimum atomic E-state index is -0.288. The molecule has 2 rings (SSSR count). The van der Waals surface area contributed by atoms with Crippen molar-refractivity contribution in [3.05, 3.63) is 24.3 Å². The van der Waals surface area contributed by atoms with Gasteiger partial charge < -0.3 is 5.32 Å². The summed E-state index contributed by atoms with van der Waals surface area (Å²) in [4.78, 5) is 37.6.